The van der Waals surface area contributed by atoms with E-state index in [9.17, 15) is 4.79 Å². The quantitative estimate of drug-likeness (QED) is 0.407. The van der Waals surface area contributed by atoms with Crippen molar-refractivity contribution in [1.82, 2.24) is 4.90 Å². The van der Waals surface area contributed by atoms with Gasteiger partial charge in [-0.1, -0.05) is 13.8 Å². The van der Waals surface area contributed by atoms with Gasteiger partial charge in [-0.15, -0.1) is 0 Å². The van der Waals surface area contributed by atoms with Crippen LogP contribution < -0.4 is 0 Å². The summed E-state index contributed by atoms with van der Waals surface area (Å²) in [7, 11) is 0. The van der Waals surface area contributed by atoms with Gasteiger partial charge in [0.05, 0.1) is 0 Å². The molecule has 12 heavy (non-hydrogen) atoms. The van der Waals surface area contributed by atoms with Gasteiger partial charge in [0, 0.05) is 13.0 Å². The number of hydrogen-bond acceptors (Lipinski definition) is 3. The van der Waals surface area contributed by atoms with Crippen molar-refractivity contribution >= 4 is 29.3 Å². The highest BCUT2D eigenvalue weighted by atomic mass is 127. The largest absolute Gasteiger partial charge is 0.303 e. The van der Waals surface area contributed by atoms with Crippen LogP contribution in [0.15, 0.2) is 0 Å². The lowest BCUT2D eigenvalue weighted by Gasteiger charge is -2.26. The van der Waals surface area contributed by atoms with E-state index in [4.69, 9.17) is 3.07 Å². The highest BCUT2D eigenvalue weighted by molar-refractivity contribution is 14.1. The molecule has 0 amide bonds. The summed E-state index contributed by atoms with van der Waals surface area (Å²) in [5, 5.41) is 0. The van der Waals surface area contributed by atoms with Crippen molar-refractivity contribution in [3.8, 4) is 0 Å². The Morgan fingerprint density at radius 3 is 2.58 bits per heavy atom. The molecule has 0 aliphatic heterocycles. The third-order valence-electron chi connectivity index (χ3n) is 1.72. The molecular formula is C8H16INO2. The third-order valence-corrected chi connectivity index (χ3v) is 2.31. The minimum absolute atomic E-state index is 0.0481. The number of nitrogens with zero attached hydrogens (tertiary/aromatic N) is 1. The van der Waals surface area contributed by atoms with Crippen molar-refractivity contribution in [3.05, 3.63) is 0 Å². The molecule has 0 saturated carbocycles. The van der Waals surface area contributed by atoms with Crippen LogP contribution in [0.1, 0.15) is 26.7 Å². The first-order valence-corrected chi connectivity index (χ1v) is 5.13. The lowest BCUT2D eigenvalue weighted by Crippen LogP contribution is -2.36. The molecular weight excluding hydrogens is 269 g/mol. The lowest BCUT2D eigenvalue weighted by molar-refractivity contribution is -0.110. The SMILES string of the molecule is CCCN(CC)C(CC=O)OI. The van der Waals surface area contributed by atoms with Crippen molar-refractivity contribution in [2.75, 3.05) is 13.1 Å². The summed E-state index contributed by atoms with van der Waals surface area (Å²) in [5.41, 5.74) is 0. The van der Waals surface area contributed by atoms with Gasteiger partial charge in [-0.2, -0.15) is 0 Å². The average Bonchev–Trinajstić information content (AvgIpc) is 2.11. The molecule has 3 nitrogen and oxygen atoms in total. The molecule has 0 aromatic carbocycles. The van der Waals surface area contributed by atoms with E-state index in [0.717, 1.165) is 25.8 Å². The summed E-state index contributed by atoms with van der Waals surface area (Å²) < 4.78 is 5.16. The number of rotatable bonds is 7. The Labute approximate surface area is 88.1 Å². The maximum Gasteiger partial charge on any atom is 0.129 e. The topological polar surface area (TPSA) is 29.5 Å². The zero-order valence-corrected chi connectivity index (χ0v) is 9.78. The predicted molar refractivity (Wildman–Crippen MR) is 57.1 cm³/mol. The molecule has 0 aliphatic rings. The van der Waals surface area contributed by atoms with Crippen LogP contribution in [-0.2, 0) is 7.86 Å². The van der Waals surface area contributed by atoms with Crippen LogP contribution in [0.3, 0.4) is 0 Å². The van der Waals surface area contributed by atoms with Gasteiger partial charge in [0.15, 0.2) is 0 Å². The van der Waals surface area contributed by atoms with Crippen molar-refractivity contribution < 1.29 is 7.86 Å². The fraction of sp³-hybridized carbons (Fsp3) is 0.875. The Balaban J connectivity index is 3.92. The normalized spacial score (nSPS) is 13.3. The van der Waals surface area contributed by atoms with Gasteiger partial charge in [0.2, 0.25) is 0 Å². The van der Waals surface area contributed by atoms with Gasteiger partial charge in [0.1, 0.15) is 35.5 Å². The van der Waals surface area contributed by atoms with Crippen LogP contribution in [0.4, 0.5) is 0 Å². The van der Waals surface area contributed by atoms with Crippen LogP contribution in [0.5, 0.6) is 0 Å². The van der Waals surface area contributed by atoms with Crippen molar-refractivity contribution in [2.45, 2.75) is 32.9 Å². The molecule has 0 aliphatic carbocycles. The van der Waals surface area contributed by atoms with Crippen LogP contribution in [0.25, 0.3) is 0 Å². The Morgan fingerprint density at radius 1 is 1.58 bits per heavy atom. The first-order chi connectivity index (χ1) is 5.79. The minimum atomic E-state index is -0.0481. The molecule has 0 spiro atoms. The molecule has 0 radical (unpaired) electrons. The molecule has 0 N–H and O–H groups in total. The lowest BCUT2D eigenvalue weighted by atomic mass is 10.3. The molecule has 0 saturated heterocycles. The van der Waals surface area contributed by atoms with Gasteiger partial charge in [-0.05, 0) is 13.0 Å². The second-order valence-corrected chi connectivity index (χ2v) is 3.08. The molecule has 72 valence electrons. The van der Waals surface area contributed by atoms with Gasteiger partial charge < -0.3 is 4.79 Å². The standard InChI is InChI=1S/C8H16INO2/c1-3-6-10(4-2)8(12-9)5-7-11/h7-8H,3-6H2,1-2H3. The molecule has 0 aromatic rings. The Morgan fingerprint density at radius 2 is 2.25 bits per heavy atom. The first-order valence-electron chi connectivity index (χ1n) is 4.25. The van der Waals surface area contributed by atoms with E-state index in [1.807, 2.05) is 23.0 Å². The Kier molecular flexibility index (Phi) is 8.15. The molecule has 0 heterocycles. The van der Waals surface area contributed by atoms with E-state index >= 15 is 0 Å². The van der Waals surface area contributed by atoms with Gasteiger partial charge in [0.25, 0.3) is 0 Å². The molecule has 1 unspecified atom stereocenters. The van der Waals surface area contributed by atoms with E-state index in [1.165, 1.54) is 0 Å². The zero-order chi connectivity index (χ0) is 9.40. The van der Waals surface area contributed by atoms with Crippen molar-refractivity contribution in [1.29, 1.82) is 0 Å². The van der Waals surface area contributed by atoms with E-state index < -0.39 is 0 Å². The monoisotopic (exact) mass is 285 g/mol. The molecule has 0 aromatic heterocycles. The highest BCUT2D eigenvalue weighted by Gasteiger charge is 2.14. The van der Waals surface area contributed by atoms with Crippen LogP contribution in [-0.4, -0.2) is 30.5 Å². The van der Waals surface area contributed by atoms with Gasteiger partial charge in [-0.25, -0.2) is 0 Å². The third kappa shape index (κ3) is 4.37. The molecule has 1 atom stereocenters. The summed E-state index contributed by atoms with van der Waals surface area (Å²) in [6, 6.07) is 0. The van der Waals surface area contributed by atoms with Crippen molar-refractivity contribution in [2.24, 2.45) is 0 Å². The fourth-order valence-electron chi connectivity index (χ4n) is 1.12. The smallest absolute Gasteiger partial charge is 0.129 e. The minimum Gasteiger partial charge on any atom is -0.303 e. The molecule has 0 rings (SSSR count). The highest BCUT2D eigenvalue weighted by Crippen LogP contribution is 2.08. The van der Waals surface area contributed by atoms with E-state index in [1.54, 1.807) is 0 Å². The second-order valence-electron chi connectivity index (χ2n) is 2.57. The molecule has 4 heteroatoms. The zero-order valence-electron chi connectivity index (χ0n) is 7.62. The number of halogens is 1. The van der Waals surface area contributed by atoms with Gasteiger partial charge in [-0.3, -0.25) is 7.97 Å². The summed E-state index contributed by atoms with van der Waals surface area (Å²) in [6.45, 7) is 6.10. The van der Waals surface area contributed by atoms with Gasteiger partial charge >= 0.3 is 0 Å². The number of carbonyl (C=O) groups excluding carboxylic acids is 1. The maximum atomic E-state index is 10.3. The summed E-state index contributed by atoms with van der Waals surface area (Å²) in [4.78, 5) is 12.4. The predicted octanol–water partition coefficient (Wildman–Crippen LogP) is 2.00. The average molecular weight is 285 g/mol. The van der Waals surface area contributed by atoms with Crippen LogP contribution in [0.2, 0.25) is 0 Å². The maximum absolute atomic E-state index is 10.3. The summed E-state index contributed by atoms with van der Waals surface area (Å²) in [5.74, 6) is 0. The van der Waals surface area contributed by atoms with E-state index in [0.29, 0.717) is 6.42 Å². The first kappa shape index (κ1) is 12.3. The van der Waals surface area contributed by atoms with Crippen LogP contribution in [0, 0.1) is 0 Å². The Hall–Kier alpha value is 0.320. The summed E-state index contributed by atoms with van der Waals surface area (Å²) >= 11 is 1.85. The molecule has 0 fully saturated rings. The summed E-state index contributed by atoms with van der Waals surface area (Å²) in [6.07, 6.45) is 2.40. The van der Waals surface area contributed by atoms with E-state index in [2.05, 4.69) is 18.7 Å². The second kappa shape index (κ2) is 7.94. The Bertz CT molecular complexity index is 122. The number of hydrogen-bond donors (Lipinski definition) is 0. The number of carbonyl (C=O) groups is 1. The van der Waals surface area contributed by atoms with E-state index in [-0.39, 0.29) is 6.23 Å². The van der Waals surface area contributed by atoms with Crippen LogP contribution >= 0.6 is 23.0 Å². The fourth-order valence-corrected chi connectivity index (χ4v) is 1.65. The number of aldehydes is 1. The van der Waals surface area contributed by atoms with Crippen molar-refractivity contribution in [3.63, 3.8) is 0 Å². The molecule has 0 bridgehead atoms.